The van der Waals surface area contributed by atoms with Gasteiger partial charge in [-0.1, -0.05) is 19.8 Å². The van der Waals surface area contributed by atoms with Crippen molar-refractivity contribution in [2.45, 2.75) is 58.3 Å². The molecule has 0 saturated heterocycles. The molecule has 0 atom stereocenters. The predicted molar refractivity (Wildman–Crippen MR) is 98.2 cm³/mol. The molecule has 0 amide bonds. The van der Waals surface area contributed by atoms with Gasteiger partial charge in [0.15, 0.2) is 5.82 Å². The second-order valence-electron chi connectivity index (χ2n) is 6.80. The van der Waals surface area contributed by atoms with Gasteiger partial charge in [0.1, 0.15) is 5.75 Å². The SMILES string of the molecule is CCC[C@H]1CC[C@H](c2cnc(-c3ccc(OCC)cc3)nc2)CC1. The molecule has 3 rings (SSSR count). The van der Waals surface area contributed by atoms with E-state index < -0.39 is 0 Å². The van der Waals surface area contributed by atoms with Gasteiger partial charge in [0, 0.05) is 18.0 Å². The number of benzene rings is 1. The van der Waals surface area contributed by atoms with E-state index in [2.05, 4.69) is 16.9 Å². The summed E-state index contributed by atoms with van der Waals surface area (Å²) >= 11 is 0. The first-order chi connectivity index (χ1) is 11.8. The molecule has 2 aromatic rings. The Balaban J connectivity index is 1.63. The molecule has 0 unspecified atom stereocenters. The average molecular weight is 324 g/mol. The zero-order valence-electron chi connectivity index (χ0n) is 14.9. The Labute approximate surface area is 145 Å². The molecule has 1 aliphatic carbocycles. The number of ether oxygens (including phenoxy) is 1. The van der Waals surface area contributed by atoms with Crippen LogP contribution in [0.1, 0.15) is 63.9 Å². The third kappa shape index (κ3) is 4.14. The van der Waals surface area contributed by atoms with Crippen LogP contribution in [0.4, 0.5) is 0 Å². The van der Waals surface area contributed by atoms with Crippen molar-refractivity contribution in [3.05, 3.63) is 42.2 Å². The monoisotopic (exact) mass is 324 g/mol. The maximum atomic E-state index is 5.48. The summed E-state index contributed by atoms with van der Waals surface area (Å²) in [6, 6.07) is 8.00. The Morgan fingerprint density at radius 1 is 0.958 bits per heavy atom. The molecular weight excluding hydrogens is 296 g/mol. The van der Waals surface area contributed by atoms with E-state index in [9.17, 15) is 0 Å². The summed E-state index contributed by atoms with van der Waals surface area (Å²) in [5, 5.41) is 0. The maximum absolute atomic E-state index is 5.48. The van der Waals surface area contributed by atoms with Crippen LogP contribution in [0.2, 0.25) is 0 Å². The van der Waals surface area contributed by atoms with Crippen LogP contribution in [0.3, 0.4) is 0 Å². The Morgan fingerprint density at radius 3 is 2.21 bits per heavy atom. The highest BCUT2D eigenvalue weighted by molar-refractivity contribution is 5.56. The first kappa shape index (κ1) is 16.9. The highest BCUT2D eigenvalue weighted by Gasteiger charge is 2.22. The van der Waals surface area contributed by atoms with E-state index in [4.69, 9.17) is 4.74 Å². The van der Waals surface area contributed by atoms with Crippen LogP contribution in [0.5, 0.6) is 5.75 Å². The van der Waals surface area contributed by atoms with Gasteiger partial charge in [-0.25, -0.2) is 9.97 Å². The number of hydrogen-bond acceptors (Lipinski definition) is 3. The van der Waals surface area contributed by atoms with Gasteiger partial charge < -0.3 is 4.74 Å². The molecule has 3 heteroatoms. The van der Waals surface area contributed by atoms with E-state index in [-0.39, 0.29) is 0 Å². The van der Waals surface area contributed by atoms with E-state index in [1.54, 1.807) is 0 Å². The van der Waals surface area contributed by atoms with Crippen molar-refractivity contribution in [3.8, 4) is 17.1 Å². The lowest BCUT2D eigenvalue weighted by Gasteiger charge is -2.28. The quantitative estimate of drug-likeness (QED) is 0.692. The largest absolute Gasteiger partial charge is 0.494 e. The highest BCUT2D eigenvalue weighted by atomic mass is 16.5. The van der Waals surface area contributed by atoms with Crippen LogP contribution in [-0.4, -0.2) is 16.6 Å². The smallest absolute Gasteiger partial charge is 0.159 e. The van der Waals surface area contributed by atoms with Crippen molar-refractivity contribution in [1.82, 2.24) is 9.97 Å². The van der Waals surface area contributed by atoms with Gasteiger partial charge in [0.25, 0.3) is 0 Å². The van der Waals surface area contributed by atoms with Crippen molar-refractivity contribution in [2.24, 2.45) is 5.92 Å². The summed E-state index contributed by atoms with van der Waals surface area (Å²) in [5.74, 6) is 3.27. The first-order valence-electron chi connectivity index (χ1n) is 9.35. The van der Waals surface area contributed by atoms with E-state index in [0.29, 0.717) is 12.5 Å². The fourth-order valence-corrected chi connectivity index (χ4v) is 3.76. The van der Waals surface area contributed by atoms with Gasteiger partial charge >= 0.3 is 0 Å². The van der Waals surface area contributed by atoms with E-state index in [1.807, 2.05) is 43.6 Å². The molecule has 1 heterocycles. The lowest BCUT2D eigenvalue weighted by atomic mass is 9.78. The Hall–Kier alpha value is -1.90. The van der Waals surface area contributed by atoms with Gasteiger partial charge in [-0.3, -0.25) is 0 Å². The van der Waals surface area contributed by atoms with Crippen molar-refractivity contribution in [2.75, 3.05) is 6.61 Å². The first-order valence-corrected chi connectivity index (χ1v) is 9.35. The summed E-state index contributed by atoms with van der Waals surface area (Å²) in [6.45, 7) is 4.97. The molecule has 0 radical (unpaired) electrons. The van der Waals surface area contributed by atoms with Gasteiger partial charge in [0.2, 0.25) is 0 Å². The third-order valence-corrected chi connectivity index (χ3v) is 5.11. The van der Waals surface area contributed by atoms with E-state index >= 15 is 0 Å². The van der Waals surface area contributed by atoms with Gasteiger partial charge in [-0.05, 0) is 74.3 Å². The molecule has 1 fully saturated rings. The number of rotatable bonds is 6. The summed E-state index contributed by atoms with van der Waals surface area (Å²) in [7, 11) is 0. The minimum atomic E-state index is 0.646. The minimum absolute atomic E-state index is 0.646. The van der Waals surface area contributed by atoms with Crippen molar-refractivity contribution in [1.29, 1.82) is 0 Å². The van der Waals surface area contributed by atoms with Crippen LogP contribution in [0, 0.1) is 5.92 Å². The Kier molecular flexibility index (Phi) is 5.84. The molecule has 3 nitrogen and oxygen atoms in total. The zero-order chi connectivity index (χ0) is 16.8. The van der Waals surface area contributed by atoms with Crippen molar-refractivity contribution < 1.29 is 4.74 Å². The molecule has 1 saturated carbocycles. The number of hydrogen-bond donors (Lipinski definition) is 0. The molecule has 0 spiro atoms. The molecule has 1 aromatic heterocycles. The standard InChI is InChI=1S/C21H28N2O/c1-3-5-16-6-8-17(9-7-16)19-14-22-21(23-15-19)18-10-12-20(13-11-18)24-4-2/h10-17H,3-9H2,1-2H3/t16-,17-. The molecule has 0 N–H and O–H groups in total. The second kappa shape index (κ2) is 8.27. The van der Waals surface area contributed by atoms with Gasteiger partial charge in [-0.2, -0.15) is 0 Å². The molecule has 1 aliphatic rings. The molecule has 1 aromatic carbocycles. The Morgan fingerprint density at radius 2 is 1.62 bits per heavy atom. The Bertz CT molecular complexity index is 613. The molecule has 0 bridgehead atoms. The van der Waals surface area contributed by atoms with Crippen LogP contribution in [0.25, 0.3) is 11.4 Å². The van der Waals surface area contributed by atoms with Gasteiger partial charge in [0.05, 0.1) is 6.61 Å². The van der Waals surface area contributed by atoms with Crippen molar-refractivity contribution >= 4 is 0 Å². The number of nitrogens with zero attached hydrogens (tertiary/aromatic N) is 2. The zero-order valence-corrected chi connectivity index (χ0v) is 14.9. The molecular formula is C21H28N2O. The maximum Gasteiger partial charge on any atom is 0.159 e. The van der Waals surface area contributed by atoms with Crippen molar-refractivity contribution in [3.63, 3.8) is 0 Å². The summed E-state index contributed by atoms with van der Waals surface area (Å²) in [4.78, 5) is 9.21. The molecule has 128 valence electrons. The lowest BCUT2D eigenvalue weighted by molar-refractivity contribution is 0.308. The topological polar surface area (TPSA) is 35.0 Å². The third-order valence-electron chi connectivity index (χ3n) is 5.11. The summed E-state index contributed by atoms with van der Waals surface area (Å²) in [5.41, 5.74) is 2.34. The number of aromatic nitrogens is 2. The summed E-state index contributed by atoms with van der Waals surface area (Å²) < 4.78 is 5.48. The minimum Gasteiger partial charge on any atom is -0.494 e. The fourth-order valence-electron chi connectivity index (χ4n) is 3.76. The van der Waals surface area contributed by atoms with E-state index in [1.165, 1.54) is 44.1 Å². The van der Waals surface area contributed by atoms with Crippen LogP contribution >= 0.6 is 0 Å². The lowest BCUT2D eigenvalue weighted by Crippen LogP contribution is -2.13. The average Bonchev–Trinajstić information content (AvgIpc) is 2.64. The predicted octanol–water partition coefficient (Wildman–Crippen LogP) is 5.62. The fraction of sp³-hybridized carbons (Fsp3) is 0.524. The summed E-state index contributed by atoms with van der Waals surface area (Å²) in [6.07, 6.45) is 12.1. The highest BCUT2D eigenvalue weighted by Crippen LogP contribution is 2.37. The molecule has 0 aliphatic heterocycles. The van der Waals surface area contributed by atoms with Crippen LogP contribution in [-0.2, 0) is 0 Å². The normalized spacial score (nSPS) is 20.8. The second-order valence-corrected chi connectivity index (χ2v) is 6.80. The van der Waals surface area contributed by atoms with Crippen LogP contribution < -0.4 is 4.74 Å². The van der Waals surface area contributed by atoms with Gasteiger partial charge in [-0.15, -0.1) is 0 Å². The van der Waals surface area contributed by atoms with E-state index in [0.717, 1.165) is 23.1 Å². The van der Waals surface area contributed by atoms with Crippen LogP contribution in [0.15, 0.2) is 36.7 Å². The molecule has 24 heavy (non-hydrogen) atoms.